The van der Waals surface area contributed by atoms with E-state index in [9.17, 15) is 9.59 Å². The van der Waals surface area contributed by atoms with Gasteiger partial charge in [-0.05, 0) is 23.3 Å². The van der Waals surface area contributed by atoms with Crippen LogP contribution in [-0.2, 0) is 22.6 Å². The minimum Gasteiger partial charge on any atom is -0.342 e. The summed E-state index contributed by atoms with van der Waals surface area (Å²) in [4.78, 5) is 29.5. The summed E-state index contributed by atoms with van der Waals surface area (Å²) < 4.78 is 0. The Morgan fingerprint density at radius 1 is 0.963 bits per heavy atom. The summed E-state index contributed by atoms with van der Waals surface area (Å²) in [6.45, 7) is 2.64. The molecule has 2 atom stereocenters. The first kappa shape index (κ1) is 18.0. The molecule has 2 heterocycles. The number of carbonyl (C=O) groups excluding carboxylic acids is 2. The van der Waals surface area contributed by atoms with Gasteiger partial charge in [0.05, 0.1) is 0 Å². The number of amides is 2. The number of nitrogens with one attached hydrogen (secondary N) is 1. The van der Waals surface area contributed by atoms with Crippen LogP contribution in [0, 0.1) is 0 Å². The minimum absolute atomic E-state index is 0.0228. The third-order valence-corrected chi connectivity index (χ3v) is 5.52. The van der Waals surface area contributed by atoms with Gasteiger partial charge in [0.25, 0.3) is 0 Å². The van der Waals surface area contributed by atoms with Crippen molar-refractivity contribution in [1.82, 2.24) is 15.1 Å². The molecule has 0 saturated carbocycles. The van der Waals surface area contributed by atoms with E-state index in [1.54, 1.807) is 4.90 Å². The summed E-state index contributed by atoms with van der Waals surface area (Å²) in [5, 5.41) is 3.64. The van der Waals surface area contributed by atoms with Crippen molar-refractivity contribution in [2.24, 2.45) is 0 Å². The molecular weight excluding hydrogens is 362 g/mol. The zero-order valence-electron chi connectivity index (χ0n) is 15.0. The standard InChI is InChI=1S/C21H22ClN3O2/c22-17-8-6-16(7-9-17)13-24-10-11-25-19(14-24)20(26)23-18(21(25)27)12-15-4-2-1-3-5-15/h1-9,18-19H,10-14H2,(H,23,26)/t18-,19-/m1/s1. The number of hydrogen-bond acceptors (Lipinski definition) is 3. The zero-order chi connectivity index (χ0) is 18.8. The Morgan fingerprint density at radius 2 is 1.70 bits per heavy atom. The van der Waals surface area contributed by atoms with Gasteiger partial charge >= 0.3 is 0 Å². The van der Waals surface area contributed by atoms with Crippen molar-refractivity contribution in [3.8, 4) is 0 Å². The Balaban J connectivity index is 1.41. The fourth-order valence-electron chi connectivity index (χ4n) is 3.84. The van der Waals surface area contributed by atoms with Gasteiger partial charge in [-0.1, -0.05) is 54.1 Å². The Morgan fingerprint density at radius 3 is 2.44 bits per heavy atom. The van der Waals surface area contributed by atoms with E-state index in [4.69, 9.17) is 11.6 Å². The monoisotopic (exact) mass is 383 g/mol. The SMILES string of the molecule is O=C1N[C@H](Cc2ccccc2)C(=O)N2CCN(Cc3ccc(Cl)cc3)C[C@H]12. The molecule has 2 fully saturated rings. The van der Waals surface area contributed by atoms with Crippen LogP contribution in [0.5, 0.6) is 0 Å². The van der Waals surface area contributed by atoms with Crippen molar-refractivity contribution in [2.75, 3.05) is 19.6 Å². The van der Waals surface area contributed by atoms with E-state index in [0.29, 0.717) is 24.5 Å². The van der Waals surface area contributed by atoms with Crippen molar-refractivity contribution >= 4 is 23.4 Å². The third-order valence-electron chi connectivity index (χ3n) is 5.27. The molecule has 2 aliphatic heterocycles. The number of halogens is 1. The van der Waals surface area contributed by atoms with Gasteiger partial charge in [-0.3, -0.25) is 14.5 Å². The van der Waals surface area contributed by atoms with Gasteiger partial charge in [-0.2, -0.15) is 0 Å². The predicted octanol–water partition coefficient (Wildman–Crippen LogP) is 2.09. The number of rotatable bonds is 4. The lowest BCUT2D eigenvalue weighted by Crippen LogP contribution is -2.69. The van der Waals surface area contributed by atoms with Crippen LogP contribution < -0.4 is 5.32 Å². The maximum absolute atomic E-state index is 12.9. The third kappa shape index (κ3) is 3.99. The molecule has 6 heteroatoms. The zero-order valence-corrected chi connectivity index (χ0v) is 15.7. The molecule has 0 unspecified atom stereocenters. The summed E-state index contributed by atoms with van der Waals surface area (Å²) in [5.74, 6) is -0.0362. The molecule has 0 spiro atoms. The summed E-state index contributed by atoms with van der Waals surface area (Å²) in [7, 11) is 0. The number of fused-ring (bicyclic) bond motifs is 1. The smallest absolute Gasteiger partial charge is 0.246 e. The normalized spacial score (nSPS) is 23.1. The molecule has 0 bridgehead atoms. The molecule has 2 amide bonds. The second-order valence-corrected chi connectivity index (χ2v) is 7.60. The molecule has 0 aliphatic carbocycles. The average molecular weight is 384 g/mol. The first-order valence-corrected chi connectivity index (χ1v) is 9.59. The molecule has 27 heavy (non-hydrogen) atoms. The molecular formula is C21H22ClN3O2. The van der Waals surface area contributed by atoms with Crippen LogP contribution >= 0.6 is 11.6 Å². The Bertz CT molecular complexity index is 825. The predicted molar refractivity (Wildman–Crippen MR) is 104 cm³/mol. The minimum atomic E-state index is -0.473. The lowest BCUT2D eigenvalue weighted by atomic mass is 9.98. The van der Waals surface area contributed by atoms with Crippen molar-refractivity contribution in [1.29, 1.82) is 0 Å². The lowest BCUT2D eigenvalue weighted by Gasteiger charge is -2.45. The van der Waals surface area contributed by atoms with E-state index in [1.165, 1.54) is 0 Å². The molecule has 140 valence electrons. The van der Waals surface area contributed by atoms with Crippen LogP contribution in [0.25, 0.3) is 0 Å². The largest absolute Gasteiger partial charge is 0.342 e. The first-order valence-electron chi connectivity index (χ1n) is 9.22. The number of benzene rings is 2. The molecule has 0 aromatic heterocycles. The highest BCUT2D eigenvalue weighted by Crippen LogP contribution is 2.20. The lowest BCUT2D eigenvalue weighted by molar-refractivity contribution is -0.153. The first-order chi connectivity index (χ1) is 13.1. The van der Waals surface area contributed by atoms with E-state index in [1.807, 2.05) is 54.6 Å². The molecule has 4 rings (SSSR count). The quantitative estimate of drug-likeness (QED) is 0.879. The van der Waals surface area contributed by atoms with E-state index >= 15 is 0 Å². The van der Waals surface area contributed by atoms with Gasteiger partial charge in [0, 0.05) is 37.6 Å². The number of piperazine rings is 2. The van der Waals surface area contributed by atoms with E-state index in [-0.39, 0.29) is 11.8 Å². The molecule has 1 N–H and O–H groups in total. The highest BCUT2D eigenvalue weighted by molar-refractivity contribution is 6.30. The molecule has 0 radical (unpaired) electrons. The molecule has 2 aromatic rings. The van der Waals surface area contributed by atoms with Gasteiger partial charge in [0.1, 0.15) is 12.1 Å². The van der Waals surface area contributed by atoms with Gasteiger partial charge in [0.2, 0.25) is 11.8 Å². The van der Waals surface area contributed by atoms with Gasteiger partial charge in [-0.15, -0.1) is 0 Å². The number of hydrogen-bond donors (Lipinski definition) is 1. The van der Waals surface area contributed by atoms with Gasteiger partial charge < -0.3 is 10.2 Å². The summed E-state index contributed by atoms with van der Waals surface area (Å²) in [5.41, 5.74) is 2.20. The van der Waals surface area contributed by atoms with Crippen LogP contribution in [0.3, 0.4) is 0 Å². The molecule has 2 aliphatic rings. The van der Waals surface area contributed by atoms with Crippen LogP contribution in [0.2, 0.25) is 5.02 Å². The van der Waals surface area contributed by atoms with Gasteiger partial charge in [0.15, 0.2) is 0 Å². The Kier molecular flexibility index (Phi) is 5.14. The maximum atomic E-state index is 12.9. The van der Waals surface area contributed by atoms with Crippen molar-refractivity contribution in [3.63, 3.8) is 0 Å². The molecule has 5 nitrogen and oxygen atoms in total. The highest BCUT2D eigenvalue weighted by atomic mass is 35.5. The maximum Gasteiger partial charge on any atom is 0.246 e. The Hall–Kier alpha value is -2.37. The summed E-state index contributed by atoms with van der Waals surface area (Å²) in [6, 6.07) is 16.7. The fourth-order valence-corrected chi connectivity index (χ4v) is 3.96. The number of carbonyl (C=O) groups is 2. The summed E-state index contributed by atoms with van der Waals surface area (Å²) in [6.07, 6.45) is 0.531. The van der Waals surface area contributed by atoms with Crippen molar-refractivity contribution in [3.05, 3.63) is 70.7 Å². The average Bonchev–Trinajstić information content (AvgIpc) is 2.68. The van der Waals surface area contributed by atoms with Crippen LogP contribution in [-0.4, -0.2) is 53.3 Å². The van der Waals surface area contributed by atoms with Crippen LogP contribution in [0.1, 0.15) is 11.1 Å². The second kappa shape index (κ2) is 7.71. The summed E-state index contributed by atoms with van der Waals surface area (Å²) >= 11 is 5.94. The van der Waals surface area contributed by atoms with Crippen LogP contribution in [0.15, 0.2) is 54.6 Å². The van der Waals surface area contributed by atoms with Crippen LogP contribution in [0.4, 0.5) is 0 Å². The fraction of sp³-hybridized carbons (Fsp3) is 0.333. The van der Waals surface area contributed by atoms with E-state index < -0.39 is 12.1 Å². The van der Waals surface area contributed by atoms with Gasteiger partial charge in [-0.25, -0.2) is 0 Å². The number of nitrogens with zero attached hydrogens (tertiary/aromatic N) is 2. The second-order valence-electron chi connectivity index (χ2n) is 7.16. The topological polar surface area (TPSA) is 52.7 Å². The molecule has 2 aromatic carbocycles. The van der Waals surface area contributed by atoms with Crippen molar-refractivity contribution in [2.45, 2.75) is 25.0 Å². The van der Waals surface area contributed by atoms with E-state index in [0.717, 1.165) is 24.2 Å². The van der Waals surface area contributed by atoms with Crippen molar-refractivity contribution < 1.29 is 9.59 Å². The highest BCUT2D eigenvalue weighted by Gasteiger charge is 2.43. The Labute approximate surface area is 163 Å². The molecule has 2 saturated heterocycles. The van der Waals surface area contributed by atoms with E-state index in [2.05, 4.69) is 10.2 Å².